The molecule has 8 heteroatoms. The fourth-order valence-electron chi connectivity index (χ4n) is 1.26. The van der Waals surface area contributed by atoms with Gasteiger partial charge >= 0.3 is 12.0 Å². The van der Waals surface area contributed by atoms with Gasteiger partial charge in [-0.15, -0.1) is 0 Å². The van der Waals surface area contributed by atoms with Gasteiger partial charge in [0, 0.05) is 19.1 Å². The van der Waals surface area contributed by atoms with Crippen molar-refractivity contribution in [2.24, 2.45) is 0 Å². The highest BCUT2D eigenvalue weighted by Crippen LogP contribution is 2.01. The van der Waals surface area contributed by atoms with Crippen molar-refractivity contribution < 1.29 is 24.3 Å². The highest BCUT2D eigenvalue weighted by molar-refractivity contribution is 5.82. The predicted molar refractivity (Wildman–Crippen MR) is 59.7 cm³/mol. The molecule has 0 radical (unpaired) electrons. The van der Waals surface area contributed by atoms with Crippen molar-refractivity contribution in [1.82, 2.24) is 15.8 Å². The second-order valence-corrected chi connectivity index (χ2v) is 3.66. The molecule has 0 unspecified atom stereocenters. The Kier molecular flexibility index (Phi) is 5.12. The number of aromatic nitrogens is 1. The number of aliphatic carboxylic acids is 1. The molecule has 0 bridgehead atoms. The second kappa shape index (κ2) is 6.60. The first-order valence-electron chi connectivity index (χ1n) is 5.33. The zero-order valence-electron chi connectivity index (χ0n) is 9.84. The lowest BCUT2D eigenvalue weighted by molar-refractivity contribution is -0.139. The minimum Gasteiger partial charge on any atom is -0.480 e. The Morgan fingerprint density at radius 2 is 2.28 bits per heavy atom. The van der Waals surface area contributed by atoms with E-state index in [1.165, 1.54) is 0 Å². The van der Waals surface area contributed by atoms with Crippen LogP contribution in [-0.2, 0) is 11.3 Å². The lowest BCUT2D eigenvalue weighted by atomic mass is 10.2. The van der Waals surface area contributed by atoms with E-state index in [4.69, 9.17) is 14.7 Å². The van der Waals surface area contributed by atoms with Gasteiger partial charge in [0.1, 0.15) is 6.04 Å². The highest BCUT2D eigenvalue weighted by atomic mass is 16.5. The minimum absolute atomic E-state index is 0.0514. The van der Waals surface area contributed by atoms with Crippen LogP contribution >= 0.6 is 0 Å². The summed E-state index contributed by atoms with van der Waals surface area (Å²) >= 11 is 0. The molecule has 0 spiro atoms. The number of hydrogen-bond donors (Lipinski definition) is 4. The zero-order valence-corrected chi connectivity index (χ0v) is 9.84. The predicted octanol–water partition coefficient (Wildman–Crippen LogP) is -0.382. The summed E-state index contributed by atoms with van der Waals surface area (Å²) < 4.78 is 4.87. The van der Waals surface area contributed by atoms with Crippen LogP contribution in [0.4, 0.5) is 4.79 Å². The normalized spacial score (nSPS) is 11.9. The molecule has 8 nitrogen and oxygen atoms in total. The third-order valence-corrected chi connectivity index (χ3v) is 2.12. The molecule has 0 saturated heterocycles. The molecular formula is C10H15N3O5. The van der Waals surface area contributed by atoms with Crippen molar-refractivity contribution in [3.63, 3.8) is 0 Å². The lowest BCUT2D eigenvalue weighted by Gasteiger charge is -2.13. The van der Waals surface area contributed by atoms with Gasteiger partial charge < -0.3 is 25.4 Å². The average Bonchev–Trinajstić information content (AvgIpc) is 2.72. The fraction of sp³-hybridized carbons (Fsp3) is 0.500. The maximum Gasteiger partial charge on any atom is 0.326 e. The third-order valence-electron chi connectivity index (χ3n) is 2.12. The maximum absolute atomic E-state index is 11.4. The molecule has 18 heavy (non-hydrogen) atoms. The Morgan fingerprint density at radius 3 is 2.78 bits per heavy atom. The molecule has 100 valence electrons. The van der Waals surface area contributed by atoms with Gasteiger partial charge in [0.25, 0.3) is 0 Å². The number of aryl methyl sites for hydroxylation is 1. The van der Waals surface area contributed by atoms with Crippen LogP contribution in [0.2, 0.25) is 0 Å². The molecule has 2 amide bonds. The Hall–Kier alpha value is -2.09. The first-order valence-corrected chi connectivity index (χ1v) is 5.33. The summed E-state index contributed by atoms with van der Waals surface area (Å²) in [6, 6.07) is -0.112. The van der Waals surface area contributed by atoms with Crippen molar-refractivity contribution in [3.8, 4) is 0 Å². The molecular weight excluding hydrogens is 242 g/mol. The first-order chi connectivity index (χ1) is 8.52. The van der Waals surface area contributed by atoms with Crippen molar-refractivity contribution >= 4 is 12.0 Å². The van der Waals surface area contributed by atoms with Gasteiger partial charge in [-0.1, -0.05) is 5.16 Å². The Bertz CT molecular complexity index is 417. The second-order valence-electron chi connectivity index (χ2n) is 3.66. The summed E-state index contributed by atoms with van der Waals surface area (Å²) in [5.41, 5.74) is 0.691. The van der Waals surface area contributed by atoms with E-state index < -0.39 is 18.0 Å². The summed E-state index contributed by atoms with van der Waals surface area (Å²) in [6.07, 6.45) is -0.0514. The van der Waals surface area contributed by atoms with Crippen LogP contribution in [0.25, 0.3) is 0 Å². The van der Waals surface area contributed by atoms with Gasteiger partial charge in [-0.3, -0.25) is 0 Å². The van der Waals surface area contributed by atoms with Gasteiger partial charge in [0.05, 0.1) is 12.2 Å². The minimum atomic E-state index is -1.20. The third kappa shape index (κ3) is 4.42. The summed E-state index contributed by atoms with van der Waals surface area (Å²) in [5.74, 6) is -0.730. The molecule has 0 aliphatic heterocycles. The Morgan fingerprint density at radius 1 is 1.56 bits per heavy atom. The van der Waals surface area contributed by atoms with Crippen molar-refractivity contribution in [2.75, 3.05) is 6.61 Å². The van der Waals surface area contributed by atoms with E-state index in [2.05, 4.69) is 15.8 Å². The number of carboxylic acid groups (broad SMARTS) is 1. The molecule has 1 heterocycles. The van der Waals surface area contributed by atoms with Crippen LogP contribution in [-0.4, -0.2) is 40.0 Å². The lowest BCUT2D eigenvalue weighted by Crippen LogP contribution is -2.46. The standard InChI is InChI=1S/C10H15N3O5/c1-6-4-7(18-13-6)5-11-10(17)12-8(2-3-14)9(15)16/h4,8,14H,2-3,5H2,1H3,(H,15,16)(H2,11,12,17)/t8-/m1/s1. The molecule has 1 rings (SSSR count). The van der Waals surface area contributed by atoms with Crippen molar-refractivity contribution in [3.05, 3.63) is 17.5 Å². The van der Waals surface area contributed by atoms with Crippen LogP contribution in [0.15, 0.2) is 10.6 Å². The average molecular weight is 257 g/mol. The smallest absolute Gasteiger partial charge is 0.326 e. The number of aliphatic hydroxyl groups excluding tert-OH is 1. The van der Waals surface area contributed by atoms with E-state index in [0.29, 0.717) is 11.5 Å². The topological polar surface area (TPSA) is 125 Å². The number of nitrogens with one attached hydrogen (secondary N) is 2. The Balaban J connectivity index is 2.38. The van der Waals surface area contributed by atoms with Crippen LogP contribution in [0, 0.1) is 6.92 Å². The van der Waals surface area contributed by atoms with E-state index in [1.807, 2.05) is 0 Å². The number of hydrogen-bond acceptors (Lipinski definition) is 5. The first kappa shape index (κ1) is 14.0. The monoisotopic (exact) mass is 257 g/mol. The number of nitrogens with zero attached hydrogens (tertiary/aromatic N) is 1. The Labute approximate surface area is 103 Å². The van der Waals surface area contributed by atoms with Crippen molar-refractivity contribution in [1.29, 1.82) is 0 Å². The molecule has 4 N–H and O–H groups in total. The summed E-state index contributed by atoms with van der Waals surface area (Å²) in [7, 11) is 0. The van der Waals surface area contributed by atoms with Crippen LogP contribution < -0.4 is 10.6 Å². The molecule has 0 fully saturated rings. The number of carboxylic acids is 1. The van der Waals surface area contributed by atoms with Gasteiger partial charge in [0.15, 0.2) is 5.76 Å². The maximum atomic E-state index is 11.4. The zero-order chi connectivity index (χ0) is 13.5. The van der Waals surface area contributed by atoms with Crippen LogP contribution in [0.3, 0.4) is 0 Å². The fourth-order valence-corrected chi connectivity index (χ4v) is 1.26. The van der Waals surface area contributed by atoms with Crippen LogP contribution in [0.5, 0.6) is 0 Å². The SMILES string of the molecule is Cc1cc(CNC(=O)N[C@H](CCO)C(=O)O)on1. The molecule has 1 aromatic rings. The number of aliphatic hydroxyl groups is 1. The van der Waals surface area contributed by atoms with Gasteiger partial charge in [-0.05, 0) is 6.92 Å². The quantitative estimate of drug-likeness (QED) is 0.550. The molecule has 1 atom stereocenters. The number of amides is 2. The summed E-state index contributed by atoms with van der Waals surface area (Å²) in [6.45, 7) is 1.53. The van der Waals surface area contributed by atoms with E-state index in [0.717, 1.165) is 0 Å². The molecule has 1 aromatic heterocycles. The highest BCUT2D eigenvalue weighted by Gasteiger charge is 2.19. The van der Waals surface area contributed by atoms with E-state index in [9.17, 15) is 9.59 Å². The number of carbonyl (C=O) groups excluding carboxylic acids is 1. The van der Waals surface area contributed by atoms with E-state index in [1.54, 1.807) is 13.0 Å². The molecule has 0 aromatic carbocycles. The number of carbonyl (C=O) groups is 2. The number of urea groups is 1. The molecule has 0 aliphatic carbocycles. The summed E-state index contributed by atoms with van der Waals surface area (Å²) in [4.78, 5) is 22.1. The van der Waals surface area contributed by atoms with E-state index in [-0.39, 0.29) is 19.6 Å². The molecule has 0 saturated carbocycles. The number of rotatable bonds is 6. The molecule has 0 aliphatic rings. The van der Waals surface area contributed by atoms with Gasteiger partial charge in [-0.25, -0.2) is 9.59 Å². The van der Waals surface area contributed by atoms with Crippen LogP contribution in [0.1, 0.15) is 17.9 Å². The van der Waals surface area contributed by atoms with Gasteiger partial charge in [-0.2, -0.15) is 0 Å². The van der Waals surface area contributed by atoms with E-state index >= 15 is 0 Å². The largest absolute Gasteiger partial charge is 0.480 e. The summed E-state index contributed by atoms with van der Waals surface area (Å²) in [5, 5.41) is 25.7. The van der Waals surface area contributed by atoms with Gasteiger partial charge in [0.2, 0.25) is 0 Å². The van der Waals surface area contributed by atoms with Crippen molar-refractivity contribution in [2.45, 2.75) is 25.9 Å².